The highest BCUT2D eigenvalue weighted by molar-refractivity contribution is 5.93. The van der Waals surface area contributed by atoms with Crippen molar-refractivity contribution in [3.05, 3.63) is 29.6 Å². The van der Waals surface area contributed by atoms with E-state index in [2.05, 4.69) is 10.6 Å². The van der Waals surface area contributed by atoms with Crippen LogP contribution in [0.15, 0.2) is 12.1 Å². The molecule has 2 N–H and O–H groups in total. The van der Waals surface area contributed by atoms with Crippen LogP contribution in [0.25, 0.3) is 0 Å². The Morgan fingerprint density at radius 2 is 1.63 bits per heavy atom. The van der Waals surface area contributed by atoms with Gasteiger partial charge in [0.1, 0.15) is 0 Å². The van der Waals surface area contributed by atoms with Gasteiger partial charge < -0.3 is 10.6 Å². The van der Waals surface area contributed by atoms with Gasteiger partial charge >= 0.3 is 0 Å². The van der Waals surface area contributed by atoms with Crippen LogP contribution in [-0.2, 0) is 9.59 Å². The van der Waals surface area contributed by atoms with E-state index in [1.807, 2.05) is 0 Å². The molecule has 164 valence electrons. The third-order valence-corrected chi connectivity index (χ3v) is 7.17. The topological polar surface area (TPSA) is 61.4 Å². The van der Waals surface area contributed by atoms with Crippen molar-refractivity contribution in [2.45, 2.75) is 57.0 Å². The number of carbonyl (C=O) groups excluding carboxylic acids is 2. The predicted molar refractivity (Wildman–Crippen MR) is 106 cm³/mol. The molecule has 2 amide bonds. The van der Waals surface area contributed by atoms with Crippen LogP contribution >= 0.6 is 0 Å². The molecule has 4 aliphatic carbocycles. The third kappa shape index (κ3) is 4.06. The van der Waals surface area contributed by atoms with Crippen molar-refractivity contribution < 1.29 is 22.8 Å². The molecule has 4 fully saturated rings. The Kier molecular flexibility index (Phi) is 5.55. The van der Waals surface area contributed by atoms with Crippen LogP contribution in [0.3, 0.4) is 0 Å². The summed E-state index contributed by atoms with van der Waals surface area (Å²) in [4.78, 5) is 26.7. The highest BCUT2D eigenvalue weighted by atomic mass is 19.2. The molecule has 0 spiro atoms. The van der Waals surface area contributed by atoms with Gasteiger partial charge in [-0.05, 0) is 82.4 Å². The van der Waals surface area contributed by atoms with Crippen molar-refractivity contribution in [1.29, 1.82) is 0 Å². The van der Waals surface area contributed by atoms with E-state index in [1.54, 1.807) is 18.9 Å². The lowest BCUT2D eigenvalue weighted by Crippen LogP contribution is -2.62. The van der Waals surface area contributed by atoms with Crippen LogP contribution in [0.2, 0.25) is 0 Å². The fourth-order valence-corrected chi connectivity index (χ4v) is 6.01. The first kappa shape index (κ1) is 21.2. The van der Waals surface area contributed by atoms with Crippen LogP contribution in [0, 0.1) is 35.2 Å². The molecule has 0 saturated heterocycles. The monoisotopic (exact) mass is 423 g/mol. The summed E-state index contributed by atoms with van der Waals surface area (Å²) in [7, 11) is 1.63. The highest BCUT2D eigenvalue weighted by Gasteiger charge is 2.51. The molecule has 5 nitrogen and oxygen atoms in total. The SMILES string of the molecule is C[C@H](C(=O)NC12CC3CC(CC(C3)C1)C2)N(C)CC(=O)Nc1ccc(F)c(F)c1F. The lowest BCUT2D eigenvalue weighted by atomic mass is 9.53. The number of likely N-dealkylation sites (N-methyl/N-ethyl adjacent to an activating group) is 1. The van der Waals surface area contributed by atoms with Gasteiger partial charge in [0.25, 0.3) is 0 Å². The summed E-state index contributed by atoms with van der Waals surface area (Å²) in [6.07, 6.45) is 6.97. The van der Waals surface area contributed by atoms with Gasteiger partial charge in [-0.2, -0.15) is 0 Å². The second kappa shape index (κ2) is 7.87. The zero-order valence-corrected chi connectivity index (χ0v) is 17.3. The number of hydrogen-bond acceptors (Lipinski definition) is 3. The van der Waals surface area contributed by atoms with Crippen LogP contribution in [0.5, 0.6) is 0 Å². The normalized spacial score (nSPS) is 30.4. The molecule has 0 aliphatic heterocycles. The van der Waals surface area contributed by atoms with Crippen molar-refractivity contribution in [1.82, 2.24) is 10.2 Å². The lowest BCUT2D eigenvalue weighted by molar-refractivity contribution is -0.131. The quantitative estimate of drug-likeness (QED) is 0.689. The van der Waals surface area contributed by atoms with E-state index >= 15 is 0 Å². The molecule has 4 aliphatic rings. The molecule has 4 saturated carbocycles. The Morgan fingerprint density at radius 1 is 1.07 bits per heavy atom. The Labute approximate surface area is 174 Å². The predicted octanol–water partition coefficient (Wildman–Crippen LogP) is 3.45. The molecule has 5 rings (SSSR count). The smallest absolute Gasteiger partial charge is 0.238 e. The number of anilines is 1. The second-order valence-electron chi connectivity index (χ2n) is 9.55. The van der Waals surface area contributed by atoms with E-state index < -0.39 is 35.1 Å². The summed E-state index contributed by atoms with van der Waals surface area (Å²) in [5.74, 6) is -3.01. The van der Waals surface area contributed by atoms with Gasteiger partial charge in [-0.1, -0.05) is 0 Å². The molecular formula is C22H28F3N3O2. The fourth-order valence-electron chi connectivity index (χ4n) is 6.01. The Bertz CT molecular complexity index is 825. The van der Waals surface area contributed by atoms with E-state index in [0.717, 1.165) is 31.4 Å². The summed E-state index contributed by atoms with van der Waals surface area (Å²) in [6.45, 7) is 1.54. The van der Waals surface area contributed by atoms with Crippen molar-refractivity contribution >= 4 is 17.5 Å². The summed E-state index contributed by atoms with van der Waals surface area (Å²) >= 11 is 0. The van der Waals surface area contributed by atoms with Crippen LogP contribution < -0.4 is 10.6 Å². The van der Waals surface area contributed by atoms with Crippen molar-refractivity contribution in [3.63, 3.8) is 0 Å². The summed E-state index contributed by atoms with van der Waals surface area (Å²) in [5.41, 5.74) is -0.546. The molecule has 0 aromatic heterocycles. The fraction of sp³-hybridized carbons (Fsp3) is 0.636. The molecule has 8 heteroatoms. The van der Waals surface area contributed by atoms with Crippen LogP contribution in [0.4, 0.5) is 18.9 Å². The number of nitrogens with zero attached hydrogens (tertiary/aromatic N) is 1. The van der Waals surface area contributed by atoms with Gasteiger partial charge in [-0.15, -0.1) is 0 Å². The Hall–Kier alpha value is -2.09. The molecule has 0 heterocycles. The van der Waals surface area contributed by atoms with E-state index in [0.29, 0.717) is 17.8 Å². The van der Waals surface area contributed by atoms with Crippen LogP contribution in [0.1, 0.15) is 45.4 Å². The molecule has 30 heavy (non-hydrogen) atoms. The number of benzene rings is 1. The lowest BCUT2D eigenvalue weighted by Gasteiger charge is -2.57. The molecule has 1 atom stereocenters. The Balaban J connectivity index is 1.33. The molecule has 0 unspecified atom stereocenters. The van der Waals surface area contributed by atoms with Gasteiger partial charge in [-0.25, -0.2) is 13.2 Å². The minimum Gasteiger partial charge on any atom is -0.349 e. The van der Waals surface area contributed by atoms with Crippen LogP contribution in [-0.4, -0.2) is 41.9 Å². The van der Waals surface area contributed by atoms with E-state index in [9.17, 15) is 22.8 Å². The van der Waals surface area contributed by atoms with Crippen molar-refractivity contribution in [3.8, 4) is 0 Å². The minimum atomic E-state index is -1.63. The number of nitrogens with one attached hydrogen (secondary N) is 2. The summed E-state index contributed by atoms with van der Waals surface area (Å²) < 4.78 is 40.1. The van der Waals surface area contributed by atoms with Gasteiger partial charge in [-0.3, -0.25) is 14.5 Å². The second-order valence-corrected chi connectivity index (χ2v) is 9.55. The minimum absolute atomic E-state index is 0.113. The van der Waals surface area contributed by atoms with Crippen molar-refractivity contribution in [2.24, 2.45) is 17.8 Å². The largest absolute Gasteiger partial charge is 0.349 e. The number of halogens is 3. The number of rotatable bonds is 6. The number of carbonyl (C=O) groups is 2. The summed E-state index contributed by atoms with van der Waals surface area (Å²) in [6, 6.07) is 1.16. The van der Waals surface area contributed by atoms with E-state index in [4.69, 9.17) is 0 Å². The Morgan fingerprint density at radius 3 is 2.20 bits per heavy atom. The molecule has 1 aromatic carbocycles. The first-order valence-corrected chi connectivity index (χ1v) is 10.6. The molecule has 0 radical (unpaired) electrons. The van der Waals surface area contributed by atoms with E-state index in [-0.39, 0.29) is 18.0 Å². The number of amides is 2. The van der Waals surface area contributed by atoms with E-state index in [1.165, 1.54) is 19.3 Å². The first-order chi connectivity index (χ1) is 14.2. The van der Waals surface area contributed by atoms with Gasteiger partial charge in [0, 0.05) is 5.54 Å². The average Bonchev–Trinajstić information content (AvgIpc) is 2.66. The third-order valence-electron chi connectivity index (χ3n) is 7.17. The molecular weight excluding hydrogens is 395 g/mol. The number of hydrogen-bond donors (Lipinski definition) is 2. The van der Waals surface area contributed by atoms with Gasteiger partial charge in [0.15, 0.2) is 17.5 Å². The molecule has 4 bridgehead atoms. The zero-order valence-electron chi connectivity index (χ0n) is 17.3. The van der Waals surface area contributed by atoms with Gasteiger partial charge in [0.2, 0.25) is 11.8 Å². The maximum absolute atomic E-state index is 13.8. The van der Waals surface area contributed by atoms with Crippen molar-refractivity contribution in [2.75, 3.05) is 18.9 Å². The average molecular weight is 423 g/mol. The van der Waals surface area contributed by atoms with Gasteiger partial charge in [0.05, 0.1) is 18.3 Å². The maximum atomic E-state index is 13.8. The highest BCUT2D eigenvalue weighted by Crippen LogP contribution is 2.55. The molecule has 1 aromatic rings. The standard InChI is InChI=1S/C22H28F3N3O2/c1-12(21(30)27-22-8-13-5-14(9-22)7-15(6-13)10-22)28(2)11-18(29)26-17-4-3-16(23)19(24)20(17)25/h3-4,12-15H,5-11H2,1-2H3,(H,26,29)(H,27,30)/t12-,13?,14?,15?,22?/m1/s1. The zero-order chi connectivity index (χ0) is 21.6. The maximum Gasteiger partial charge on any atom is 0.238 e. The first-order valence-electron chi connectivity index (χ1n) is 10.6. The summed E-state index contributed by atoms with van der Waals surface area (Å²) in [5, 5.41) is 5.52.